The van der Waals surface area contributed by atoms with Crippen molar-refractivity contribution in [2.75, 3.05) is 0 Å². The van der Waals surface area contributed by atoms with E-state index in [0.717, 1.165) is 54.8 Å². The van der Waals surface area contributed by atoms with Crippen molar-refractivity contribution in [1.29, 1.82) is 0 Å². The number of rotatable bonds is 7. The fourth-order valence-electron chi connectivity index (χ4n) is 9.50. The van der Waals surface area contributed by atoms with Gasteiger partial charge in [0.25, 0.3) is 0 Å². The third kappa shape index (κ3) is 4.69. The predicted octanol–water partition coefficient (Wildman–Crippen LogP) is 7.30. The van der Waals surface area contributed by atoms with Crippen LogP contribution in [0.5, 0.6) is 0 Å². The van der Waals surface area contributed by atoms with E-state index in [1.54, 1.807) is 0 Å². The lowest BCUT2D eigenvalue weighted by Crippen LogP contribution is -2.54. The van der Waals surface area contributed by atoms with Gasteiger partial charge in [0.2, 0.25) is 0 Å². The molecule has 0 aromatic rings. The van der Waals surface area contributed by atoms with Gasteiger partial charge in [0.05, 0.1) is 6.10 Å². The summed E-state index contributed by atoms with van der Waals surface area (Å²) < 4.78 is 36.6. The largest absolute Gasteiger partial charge is 0.397 e. The highest BCUT2D eigenvalue weighted by atomic mass is 32.3. The van der Waals surface area contributed by atoms with Crippen molar-refractivity contribution in [3.05, 3.63) is 0 Å². The molecule has 4 aliphatic carbocycles. The van der Waals surface area contributed by atoms with E-state index in [4.69, 9.17) is 8.74 Å². The van der Waals surface area contributed by atoms with Crippen molar-refractivity contribution in [3.63, 3.8) is 0 Å². The highest BCUT2D eigenvalue weighted by Gasteiger charge is 2.60. The van der Waals surface area contributed by atoms with Gasteiger partial charge in [-0.3, -0.25) is 4.55 Å². The summed E-state index contributed by atoms with van der Waals surface area (Å²) in [6.07, 6.45) is 14.5. The van der Waals surface area contributed by atoms with Crippen LogP contribution in [0.15, 0.2) is 0 Å². The molecule has 4 fully saturated rings. The molecule has 0 aromatic heterocycles. The van der Waals surface area contributed by atoms with E-state index in [-0.39, 0.29) is 6.10 Å². The van der Waals surface area contributed by atoms with Gasteiger partial charge in [-0.25, -0.2) is 4.18 Å². The van der Waals surface area contributed by atoms with Gasteiger partial charge < -0.3 is 0 Å². The van der Waals surface area contributed by atoms with Crippen molar-refractivity contribution in [2.45, 2.75) is 118 Å². The fourth-order valence-corrected chi connectivity index (χ4v) is 10.0. The Bertz CT molecular complexity index is 764. The number of hydrogen-bond donors (Lipinski definition) is 1. The van der Waals surface area contributed by atoms with E-state index < -0.39 is 10.4 Å². The maximum absolute atomic E-state index is 11.2. The fraction of sp³-hybridized carbons (Fsp3) is 1.00. The van der Waals surface area contributed by atoms with Gasteiger partial charge in [-0.05, 0) is 110 Å². The Balaban J connectivity index is 1.43. The third-order valence-corrected chi connectivity index (χ3v) is 11.6. The molecule has 0 amide bonds. The first-order chi connectivity index (χ1) is 14.9. The summed E-state index contributed by atoms with van der Waals surface area (Å²) in [5.74, 6) is 5.59. The molecular formula is C27H48O4S. The Kier molecular flexibility index (Phi) is 7.14. The van der Waals surface area contributed by atoms with Gasteiger partial charge in [-0.1, -0.05) is 53.9 Å². The van der Waals surface area contributed by atoms with E-state index in [1.807, 2.05) is 0 Å². The van der Waals surface area contributed by atoms with Gasteiger partial charge in [0, 0.05) is 0 Å². The van der Waals surface area contributed by atoms with Crippen molar-refractivity contribution in [1.82, 2.24) is 0 Å². The maximum atomic E-state index is 11.2. The zero-order valence-electron chi connectivity index (χ0n) is 21.2. The summed E-state index contributed by atoms with van der Waals surface area (Å²) in [7, 11) is -4.35. The third-order valence-electron chi connectivity index (χ3n) is 11.1. The molecule has 4 rings (SSSR count). The van der Waals surface area contributed by atoms with Crippen LogP contribution >= 0.6 is 0 Å². The summed E-state index contributed by atoms with van der Waals surface area (Å²) in [6, 6.07) is 0. The molecule has 32 heavy (non-hydrogen) atoms. The highest BCUT2D eigenvalue weighted by molar-refractivity contribution is 7.80. The normalized spacial score (nSPS) is 45.2. The molecule has 0 aliphatic heterocycles. The molecular weight excluding hydrogens is 420 g/mol. The van der Waals surface area contributed by atoms with Crippen LogP contribution in [0.4, 0.5) is 0 Å². The summed E-state index contributed by atoms with van der Waals surface area (Å²) in [5, 5.41) is 0. The quantitative estimate of drug-likeness (QED) is 0.398. The van der Waals surface area contributed by atoms with Gasteiger partial charge in [0.1, 0.15) is 0 Å². The van der Waals surface area contributed by atoms with Crippen molar-refractivity contribution in [2.24, 2.45) is 52.3 Å². The van der Waals surface area contributed by atoms with Crippen LogP contribution in [0.1, 0.15) is 112 Å². The van der Waals surface area contributed by atoms with Gasteiger partial charge in [-0.2, -0.15) is 8.42 Å². The molecule has 1 N–H and O–H groups in total. The van der Waals surface area contributed by atoms with Crippen LogP contribution in [-0.2, 0) is 14.6 Å². The molecule has 0 spiro atoms. The first-order valence-corrected chi connectivity index (χ1v) is 15.0. The van der Waals surface area contributed by atoms with Gasteiger partial charge in [-0.15, -0.1) is 0 Å². The van der Waals surface area contributed by atoms with Crippen LogP contribution in [0, 0.1) is 52.3 Å². The summed E-state index contributed by atoms with van der Waals surface area (Å²) in [6.45, 7) is 12.4. The SMILES string of the molecule is CC(C)CCC[C@@H](C)[C@@H]1CC[C@@H]2[C@@H]3CC[C@H]4C[C@H](OS(=O)(=O)O)CC[C@]4(C)[C@@H]3CC[C@]21C. The average Bonchev–Trinajstić information content (AvgIpc) is 3.04. The molecule has 186 valence electrons. The average molecular weight is 469 g/mol. The molecule has 0 bridgehead atoms. The summed E-state index contributed by atoms with van der Waals surface area (Å²) >= 11 is 0. The summed E-state index contributed by atoms with van der Waals surface area (Å²) in [5.41, 5.74) is 0.831. The Hall–Kier alpha value is -0.130. The molecule has 0 saturated heterocycles. The van der Waals surface area contributed by atoms with Crippen molar-refractivity contribution < 1.29 is 17.2 Å². The minimum Gasteiger partial charge on any atom is -0.264 e. The van der Waals surface area contributed by atoms with E-state index >= 15 is 0 Å². The van der Waals surface area contributed by atoms with Crippen LogP contribution in [0.2, 0.25) is 0 Å². The van der Waals surface area contributed by atoms with Crippen LogP contribution in [-0.4, -0.2) is 19.1 Å². The minimum absolute atomic E-state index is 0.310. The first-order valence-electron chi connectivity index (χ1n) is 13.6. The lowest BCUT2D eigenvalue weighted by atomic mass is 9.44. The number of fused-ring (bicyclic) bond motifs is 5. The standard InChI is InChI=1S/C27H48O4S/c1-18(2)7-6-8-19(3)23-11-12-24-22-10-9-20-17-21(31-32(28,29)30)13-15-26(20,4)25(22)14-16-27(23,24)5/h18-25H,6-17H2,1-5H3,(H,28,29,30)/t19-,20+,21-,22+,23+,24-,25-,26+,27+/m1/s1. The van der Waals surface area contributed by atoms with Crippen LogP contribution in [0.25, 0.3) is 0 Å². The first kappa shape index (κ1) is 25.0. The Morgan fingerprint density at radius 2 is 1.59 bits per heavy atom. The lowest BCUT2D eigenvalue weighted by molar-refractivity contribution is -0.127. The predicted molar refractivity (Wildman–Crippen MR) is 129 cm³/mol. The highest BCUT2D eigenvalue weighted by Crippen LogP contribution is 2.68. The molecule has 9 atom stereocenters. The van der Waals surface area contributed by atoms with E-state index in [1.165, 1.54) is 57.8 Å². The van der Waals surface area contributed by atoms with Gasteiger partial charge in [0.15, 0.2) is 0 Å². The van der Waals surface area contributed by atoms with E-state index in [9.17, 15) is 8.42 Å². The smallest absolute Gasteiger partial charge is 0.264 e. The molecule has 4 saturated carbocycles. The zero-order valence-corrected chi connectivity index (χ0v) is 22.0. The topological polar surface area (TPSA) is 63.6 Å². The van der Waals surface area contributed by atoms with E-state index in [2.05, 4.69) is 34.6 Å². The second-order valence-electron chi connectivity index (χ2n) is 13.1. The second-order valence-corrected chi connectivity index (χ2v) is 14.2. The lowest BCUT2D eigenvalue weighted by Gasteiger charge is -2.61. The minimum atomic E-state index is -4.35. The molecule has 5 heteroatoms. The second kappa shape index (κ2) is 9.15. The van der Waals surface area contributed by atoms with Gasteiger partial charge >= 0.3 is 10.4 Å². The molecule has 0 heterocycles. The maximum Gasteiger partial charge on any atom is 0.397 e. The molecule has 0 unspecified atom stereocenters. The van der Waals surface area contributed by atoms with Crippen LogP contribution < -0.4 is 0 Å². The molecule has 0 radical (unpaired) electrons. The monoisotopic (exact) mass is 468 g/mol. The van der Waals surface area contributed by atoms with Crippen LogP contribution in [0.3, 0.4) is 0 Å². The van der Waals surface area contributed by atoms with Crippen molar-refractivity contribution >= 4 is 10.4 Å². The summed E-state index contributed by atoms with van der Waals surface area (Å²) in [4.78, 5) is 0. The molecule has 4 nitrogen and oxygen atoms in total. The Morgan fingerprint density at radius 3 is 2.28 bits per heavy atom. The Morgan fingerprint density at radius 1 is 0.906 bits per heavy atom. The number of hydrogen-bond acceptors (Lipinski definition) is 3. The van der Waals surface area contributed by atoms with Crippen molar-refractivity contribution in [3.8, 4) is 0 Å². The Labute approximate surface area is 197 Å². The molecule has 4 aliphatic rings. The zero-order chi connectivity index (χ0) is 23.3. The molecule has 0 aromatic carbocycles. The van der Waals surface area contributed by atoms with E-state index in [0.29, 0.717) is 16.7 Å².